The van der Waals surface area contributed by atoms with Crippen LogP contribution in [0.15, 0.2) is 24.3 Å². The molecule has 0 saturated heterocycles. The van der Waals surface area contributed by atoms with Gasteiger partial charge in [-0.3, -0.25) is 0 Å². The number of hydrogen-bond donors (Lipinski definition) is 1. The molecule has 0 saturated carbocycles. The molecule has 1 aromatic rings. The van der Waals surface area contributed by atoms with Crippen molar-refractivity contribution in [3.8, 4) is 5.75 Å². The van der Waals surface area contributed by atoms with Gasteiger partial charge in [0.25, 0.3) is 0 Å². The molecule has 0 aliphatic rings. The van der Waals surface area contributed by atoms with Crippen LogP contribution >= 0.6 is 0 Å². The third kappa shape index (κ3) is 5.20. The van der Waals surface area contributed by atoms with Crippen molar-refractivity contribution >= 4 is 0 Å². The predicted octanol–water partition coefficient (Wildman–Crippen LogP) is 2.77. The van der Waals surface area contributed by atoms with Crippen molar-refractivity contribution in [1.29, 1.82) is 0 Å². The molecule has 96 valence electrons. The van der Waals surface area contributed by atoms with Crippen molar-refractivity contribution in [3.05, 3.63) is 29.8 Å². The van der Waals surface area contributed by atoms with Gasteiger partial charge in [-0.25, -0.2) is 0 Å². The van der Waals surface area contributed by atoms with E-state index >= 15 is 0 Å². The minimum absolute atomic E-state index is 0.210. The molecule has 0 aromatic heterocycles. The van der Waals surface area contributed by atoms with Crippen LogP contribution < -0.4 is 10.1 Å². The largest absolute Gasteiger partial charge is 0.491 e. The van der Waals surface area contributed by atoms with Crippen molar-refractivity contribution in [2.24, 2.45) is 0 Å². The normalized spacial score (nSPS) is 12.8. The number of hydrogen-bond acceptors (Lipinski definition) is 3. The quantitative estimate of drug-likeness (QED) is 0.740. The minimum atomic E-state index is 0.210. The van der Waals surface area contributed by atoms with Crippen LogP contribution in [-0.2, 0) is 4.74 Å². The number of benzene rings is 1. The van der Waals surface area contributed by atoms with Crippen LogP contribution in [0.1, 0.15) is 32.4 Å². The molecule has 0 heterocycles. The Morgan fingerprint density at radius 1 is 1.24 bits per heavy atom. The summed E-state index contributed by atoms with van der Waals surface area (Å²) in [6.45, 7) is 7.80. The van der Waals surface area contributed by atoms with Gasteiger partial charge in [-0.1, -0.05) is 12.1 Å². The molecule has 0 spiro atoms. The van der Waals surface area contributed by atoms with Gasteiger partial charge in [-0.2, -0.15) is 0 Å². The lowest BCUT2D eigenvalue weighted by Gasteiger charge is -2.16. The first-order valence-electron chi connectivity index (χ1n) is 6.12. The van der Waals surface area contributed by atoms with Gasteiger partial charge < -0.3 is 14.8 Å². The number of ether oxygens (including phenoxy) is 2. The summed E-state index contributed by atoms with van der Waals surface area (Å²) in [5, 5.41) is 3.40. The van der Waals surface area contributed by atoms with E-state index in [-0.39, 0.29) is 6.10 Å². The van der Waals surface area contributed by atoms with Crippen molar-refractivity contribution in [1.82, 2.24) is 5.32 Å². The molecule has 1 rings (SSSR count). The molecule has 0 aliphatic heterocycles. The Morgan fingerprint density at radius 2 is 2.00 bits per heavy atom. The first-order valence-corrected chi connectivity index (χ1v) is 6.12. The molecular formula is C14H23NO2. The molecule has 0 fully saturated rings. The van der Waals surface area contributed by atoms with Gasteiger partial charge in [-0.05, 0) is 38.5 Å². The smallest absolute Gasteiger partial charge is 0.120 e. The Labute approximate surface area is 104 Å². The molecule has 0 radical (unpaired) electrons. The maximum absolute atomic E-state index is 5.68. The highest BCUT2D eigenvalue weighted by Crippen LogP contribution is 2.19. The fourth-order valence-electron chi connectivity index (χ4n) is 1.62. The summed E-state index contributed by atoms with van der Waals surface area (Å²) in [5.41, 5.74) is 1.24. The zero-order chi connectivity index (χ0) is 12.7. The first-order chi connectivity index (χ1) is 8.13. The number of methoxy groups -OCH3 is 1. The molecule has 0 unspecified atom stereocenters. The van der Waals surface area contributed by atoms with E-state index < -0.39 is 0 Å². The Balaban J connectivity index is 2.57. The van der Waals surface area contributed by atoms with Crippen molar-refractivity contribution in [2.75, 3.05) is 20.3 Å². The second-order valence-corrected chi connectivity index (χ2v) is 4.41. The van der Waals surface area contributed by atoms with Gasteiger partial charge in [0.2, 0.25) is 0 Å². The van der Waals surface area contributed by atoms with E-state index in [9.17, 15) is 0 Å². The molecule has 0 aliphatic carbocycles. The lowest BCUT2D eigenvalue weighted by atomic mass is 10.1. The summed E-state index contributed by atoms with van der Waals surface area (Å²) in [4.78, 5) is 0. The maximum atomic E-state index is 5.68. The van der Waals surface area contributed by atoms with Crippen LogP contribution in [0.25, 0.3) is 0 Å². The number of nitrogens with one attached hydrogen (secondary N) is 1. The highest BCUT2D eigenvalue weighted by atomic mass is 16.5. The van der Waals surface area contributed by atoms with E-state index in [1.165, 1.54) is 5.56 Å². The summed E-state index contributed by atoms with van der Waals surface area (Å²) < 4.78 is 10.7. The molecular weight excluding hydrogens is 214 g/mol. The molecule has 1 N–H and O–H groups in total. The predicted molar refractivity (Wildman–Crippen MR) is 70.5 cm³/mol. The van der Waals surface area contributed by atoms with E-state index in [0.29, 0.717) is 6.04 Å². The first kappa shape index (κ1) is 14.0. The van der Waals surface area contributed by atoms with Crippen LogP contribution in [0.5, 0.6) is 5.75 Å². The molecule has 3 nitrogen and oxygen atoms in total. The summed E-state index contributed by atoms with van der Waals surface area (Å²) >= 11 is 0. The minimum Gasteiger partial charge on any atom is -0.491 e. The third-order valence-corrected chi connectivity index (χ3v) is 2.49. The van der Waals surface area contributed by atoms with Gasteiger partial charge in [0.1, 0.15) is 5.75 Å². The van der Waals surface area contributed by atoms with Gasteiger partial charge in [0.05, 0.1) is 12.7 Å². The summed E-state index contributed by atoms with van der Waals surface area (Å²) in [7, 11) is 1.71. The van der Waals surface area contributed by atoms with Gasteiger partial charge in [-0.15, -0.1) is 0 Å². The van der Waals surface area contributed by atoms with Gasteiger partial charge in [0, 0.05) is 19.7 Å². The third-order valence-electron chi connectivity index (χ3n) is 2.49. The zero-order valence-electron chi connectivity index (χ0n) is 11.2. The average Bonchev–Trinajstić information content (AvgIpc) is 2.28. The Bertz CT molecular complexity index is 326. The fraction of sp³-hybridized carbons (Fsp3) is 0.571. The highest BCUT2D eigenvalue weighted by molar-refractivity contribution is 5.30. The van der Waals surface area contributed by atoms with Crippen LogP contribution in [0.2, 0.25) is 0 Å². The van der Waals surface area contributed by atoms with Crippen LogP contribution in [0.4, 0.5) is 0 Å². The monoisotopic (exact) mass is 237 g/mol. The molecule has 0 bridgehead atoms. The standard InChI is InChI=1S/C14H23NO2/c1-11(2)17-14-7-5-6-13(10-14)12(3)15-8-9-16-4/h5-7,10-12,15H,8-9H2,1-4H3/t12-/m1/s1. The highest BCUT2D eigenvalue weighted by Gasteiger charge is 2.06. The van der Waals surface area contributed by atoms with E-state index in [0.717, 1.165) is 18.9 Å². The lowest BCUT2D eigenvalue weighted by Crippen LogP contribution is -2.22. The average molecular weight is 237 g/mol. The van der Waals surface area contributed by atoms with Crippen LogP contribution in [0.3, 0.4) is 0 Å². The zero-order valence-corrected chi connectivity index (χ0v) is 11.2. The summed E-state index contributed by atoms with van der Waals surface area (Å²) in [6.07, 6.45) is 0.210. The summed E-state index contributed by atoms with van der Waals surface area (Å²) in [5.74, 6) is 0.929. The van der Waals surface area contributed by atoms with Crippen molar-refractivity contribution < 1.29 is 9.47 Å². The van der Waals surface area contributed by atoms with Crippen molar-refractivity contribution in [3.63, 3.8) is 0 Å². The molecule has 1 aromatic carbocycles. The number of rotatable bonds is 7. The van der Waals surface area contributed by atoms with Crippen molar-refractivity contribution in [2.45, 2.75) is 32.9 Å². The molecule has 3 heteroatoms. The van der Waals surface area contributed by atoms with Crippen LogP contribution in [-0.4, -0.2) is 26.4 Å². The SMILES string of the molecule is COCCN[C@H](C)c1cccc(OC(C)C)c1. The van der Waals surface area contributed by atoms with E-state index in [1.54, 1.807) is 7.11 Å². The Kier molecular flexibility index (Phi) is 6.01. The molecule has 0 amide bonds. The fourth-order valence-corrected chi connectivity index (χ4v) is 1.62. The Morgan fingerprint density at radius 3 is 2.65 bits per heavy atom. The van der Waals surface area contributed by atoms with Gasteiger partial charge in [0.15, 0.2) is 0 Å². The molecule has 1 atom stereocenters. The van der Waals surface area contributed by atoms with Gasteiger partial charge >= 0.3 is 0 Å². The maximum Gasteiger partial charge on any atom is 0.120 e. The lowest BCUT2D eigenvalue weighted by molar-refractivity contribution is 0.196. The molecule has 17 heavy (non-hydrogen) atoms. The van der Waals surface area contributed by atoms with E-state index in [2.05, 4.69) is 24.4 Å². The second-order valence-electron chi connectivity index (χ2n) is 4.41. The second kappa shape index (κ2) is 7.30. The van der Waals surface area contributed by atoms with E-state index in [4.69, 9.17) is 9.47 Å². The Hall–Kier alpha value is -1.06. The summed E-state index contributed by atoms with van der Waals surface area (Å²) in [6, 6.07) is 8.52. The van der Waals surface area contributed by atoms with E-state index in [1.807, 2.05) is 26.0 Å². The topological polar surface area (TPSA) is 30.5 Å². The van der Waals surface area contributed by atoms with Crippen LogP contribution in [0, 0.1) is 0 Å².